The van der Waals surface area contributed by atoms with Crippen LogP contribution in [-0.2, 0) is 0 Å². The zero-order valence-electron chi connectivity index (χ0n) is 7.96. The maximum atomic E-state index is 5.83. The van der Waals surface area contributed by atoms with Gasteiger partial charge in [-0.05, 0) is 0 Å². The molecule has 0 atom stereocenters. The number of benzene rings is 1. The Morgan fingerprint density at radius 3 is 2.00 bits per heavy atom. The second-order valence-corrected chi connectivity index (χ2v) is 14.5. The predicted octanol–water partition coefficient (Wildman–Crippen LogP) is 3.73. The fourth-order valence-corrected chi connectivity index (χ4v) is 5.98. The molecule has 0 bridgehead atoms. The van der Waals surface area contributed by atoms with Crippen LogP contribution in [-0.4, -0.2) is 11.9 Å². The first kappa shape index (κ1) is 11.4. The van der Waals surface area contributed by atoms with Crippen molar-refractivity contribution in [1.29, 1.82) is 0 Å². The quantitative estimate of drug-likeness (QED) is 0.758. The van der Waals surface area contributed by atoms with Gasteiger partial charge in [0.15, 0.2) is 0 Å². The molecule has 0 aliphatic heterocycles. The zero-order chi connectivity index (χ0) is 9.90. The van der Waals surface area contributed by atoms with Crippen LogP contribution in [0.25, 0.3) is 0 Å². The molecule has 3 heteroatoms. The summed E-state index contributed by atoms with van der Waals surface area (Å²) in [6, 6.07) is 8.11. The molecule has 0 fully saturated rings. The van der Waals surface area contributed by atoms with Gasteiger partial charge in [-0.25, -0.2) is 0 Å². The Bertz CT molecular complexity index is 310. The van der Waals surface area contributed by atoms with Gasteiger partial charge in [-0.2, -0.15) is 0 Å². The van der Waals surface area contributed by atoms with Crippen molar-refractivity contribution in [2.24, 2.45) is 0 Å². The van der Waals surface area contributed by atoms with Gasteiger partial charge in [0.25, 0.3) is 0 Å². The monoisotopic (exact) mass is 276 g/mol. The van der Waals surface area contributed by atoms with Gasteiger partial charge in [0.2, 0.25) is 0 Å². The standard InChI is InChI=1S/C10H14AsClS/c1-3-11(13,4-2)9-5-7-10(12)8-6-9/h5-8H,3-4H2,1-2H3. The van der Waals surface area contributed by atoms with E-state index in [1.54, 1.807) is 0 Å². The first-order valence-electron chi connectivity index (χ1n) is 4.46. The van der Waals surface area contributed by atoms with Crippen molar-refractivity contribution in [2.75, 3.05) is 0 Å². The molecule has 0 aromatic heterocycles. The summed E-state index contributed by atoms with van der Waals surface area (Å²) in [6.45, 7) is 4.41. The summed E-state index contributed by atoms with van der Waals surface area (Å²) in [5.74, 6) is 0. The topological polar surface area (TPSA) is 0 Å². The molecule has 0 heterocycles. The fraction of sp³-hybridized carbons (Fsp3) is 0.400. The Morgan fingerprint density at radius 1 is 1.15 bits per heavy atom. The molecule has 0 aliphatic carbocycles. The van der Waals surface area contributed by atoms with Crippen molar-refractivity contribution >= 4 is 38.2 Å². The summed E-state index contributed by atoms with van der Waals surface area (Å²) in [6.07, 6.45) is 0. The Labute approximate surface area is 91.5 Å². The van der Waals surface area contributed by atoms with Gasteiger partial charge in [0, 0.05) is 0 Å². The molecule has 0 amide bonds. The molecular weight excluding hydrogens is 263 g/mol. The van der Waals surface area contributed by atoms with Gasteiger partial charge in [-0.1, -0.05) is 0 Å². The average molecular weight is 277 g/mol. The molecule has 13 heavy (non-hydrogen) atoms. The molecule has 0 saturated heterocycles. The van der Waals surface area contributed by atoms with E-state index in [1.165, 1.54) is 4.35 Å². The van der Waals surface area contributed by atoms with Crippen molar-refractivity contribution in [3.05, 3.63) is 29.3 Å². The van der Waals surface area contributed by atoms with Gasteiger partial charge in [-0.15, -0.1) is 0 Å². The zero-order valence-corrected chi connectivity index (χ0v) is 11.4. The van der Waals surface area contributed by atoms with E-state index < -0.39 is 11.9 Å². The van der Waals surface area contributed by atoms with Crippen LogP contribution in [0, 0.1) is 0 Å². The molecule has 0 N–H and O–H groups in total. The summed E-state index contributed by atoms with van der Waals surface area (Å²) in [5.41, 5.74) is 0. The molecule has 0 radical (unpaired) electrons. The Morgan fingerprint density at radius 2 is 1.62 bits per heavy atom. The molecule has 0 aliphatic rings. The molecule has 0 unspecified atom stereocenters. The van der Waals surface area contributed by atoms with Gasteiger partial charge in [0.1, 0.15) is 0 Å². The third-order valence-corrected chi connectivity index (χ3v) is 13.2. The van der Waals surface area contributed by atoms with Gasteiger partial charge < -0.3 is 0 Å². The maximum absolute atomic E-state index is 5.83. The van der Waals surface area contributed by atoms with E-state index in [-0.39, 0.29) is 0 Å². The minimum absolute atomic E-state index is 0.799. The van der Waals surface area contributed by atoms with Crippen molar-refractivity contribution < 1.29 is 0 Å². The second-order valence-electron chi connectivity index (χ2n) is 3.00. The van der Waals surface area contributed by atoms with E-state index in [1.807, 2.05) is 12.1 Å². The molecule has 0 saturated carbocycles. The van der Waals surface area contributed by atoms with Crippen LogP contribution in [0.4, 0.5) is 0 Å². The number of hydrogen-bond donors (Lipinski definition) is 0. The summed E-state index contributed by atoms with van der Waals surface area (Å²) < 4.78 is 1.38. The summed E-state index contributed by atoms with van der Waals surface area (Å²) in [5, 5.41) is 3.12. The number of hydrogen-bond acceptors (Lipinski definition) is 1. The molecular formula is C10H14AsClS. The molecule has 0 nitrogen and oxygen atoms in total. The number of halogens is 1. The molecule has 0 spiro atoms. The van der Waals surface area contributed by atoms with E-state index in [2.05, 4.69) is 26.0 Å². The SMILES string of the molecule is CC[As](=S)(CC)c1ccc(Cl)cc1. The normalized spacial score (nSPS) is 11.6. The van der Waals surface area contributed by atoms with Crippen molar-refractivity contribution in [2.45, 2.75) is 24.3 Å². The molecule has 1 rings (SSSR count). The van der Waals surface area contributed by atoms with Crippen LogP contribution in [0.5, 0.6) is 0 Å². The first-order valence-corrected chi connectivity index (χ1v) is 11.1. The molecule has 1 aromatic carbocycles. The van der Waals surface area contributed by atoms with E-state index >= 15 is 0 Å². The van der Waals surface area contributed by atoms with Crippen LogP contribution >= 0.6 is 22.0 Å². The van der Waals surface area contributed by atoms with Crippen LogP contribution < -0.4 is 4.35 Å². The van der Waals surface area contributed by atoms with E-state index in [9.17, 15) is 0 Å². The average Bonchev–Trinajstić information content (AvgIpc) is 2.18. The van der Waals surface area contributed by atoms with E-state index in [0.717, 1.165) is 15.4 Å². The minimum atomic E-state index is -1.92. The Hall–Kier alpha value is 0.288. The third kappa shape index (κ3) is 2.62. The van der Waals surface area contributed by atoms with Crippen molar-refractivity contribution in [1.82, 2.24) is 0 Å². The third-order valence-electron chi connectivity index (χ3n) is 2.32. The number of rotatable bonds is 3. The first-order chi connectivity index (χ1) is 6.12. The van der Waals surface area contributed by atoms with Crippen LogP contribution in [0.1, 0.15) is 13.8 Å². The second kappa shape index (κ2) is 4.68. The van der Waals surface area contributed by atoms with Crippen molar-refractivity contribution in [3.8, 4) is 0 Å². The van der Waals surface area contributed by atoms with Crippen LogP contribution in [0.15, 0.2) is 24.3 Å². The van der Waals surface area contributed by atoms with Gasteiger partial charge in [-0.3, -0.25) is 0 Å². The predicted molar refractivity (Wildman–Crippen MR) is 65.4 cm³/mol. The van der Waals surface area contributed by atoms with Gasteiger partial charge >= 0.3 is 91.8 Å². The summed E-state index contributed by atoms with van der Waals surface area (Å²) in [7, 11) is 5.74. The molecule has 1 aromatic rings. The van der Waals surface area contributed by atoms with E-state index in [0.29, 0.717) is 0 Å². The summed E-state index contributed by atoms with van der Waals surface area (Å²) >= 11 is 3.91. The Balaban J connectivity index is 3.07. The van der Waals surface area contributed by atoms with Crippen LogP contribution in [0.2, 0.25) is 15.4 Å². The summed E-state index contributed by atoms with van der Waals surface area (Å²) in [4.78, 5) is 0. The Kier molecular flexibility index (Phi) is 4.09. The van der Waals surface area contributed by atoms with Crippen molar-refractivity contribution in [3.63, 3.8) is 0 Å². The van der Waals surface area contributed by atoms with Crippen LogP contribution in [0.3, 0.4) is 0 Å². The molecule has 72 valence electrons. The van der Waals surface area contributed by atoms with E-state index in [4.69, 9.17) is 22.0 Å². The van der Waals surface area contributed by atoms with Gasteiger partial charge in [0.05, 0.1) is 0 Å². The fourth-order valence-electron chi connectivity index (χ4n) is 1.30.